The van der Waals surface area contributed by atoms with Crippen molar-refractivity contribution < 1.29 is 9.53 Å². The quantitative estimate of drug-likeness (QED) is 0.608. The van der Waals surface area contributed by atoms with Gasteiger partial charge in [-0.1, -0.05) is 27.5 Å². The van der Waals surface area contributed by atoms with Gasteiger partial charge in [-0.05, 0) is 11.6 Å². The average Bonchev–Trinajstić information content (AvgIpc) is 2.16. The summed E-state index contributed by atoms with van der Waals surface area (Å²) in [7, 11) is 1.29. The number of carbonyl (C=O) groups excluding carboxylic acids is 1. The molecule has 0 aromatic carbocycles. The molecule has 0 radical (unpaired) electrons. The van der Waals surface area contributed by atoms with E-state index in [0.717, 1.165) is 5.56 Å². The number of rotatable bonds is 2. The molecule has 0 spiro atoms. The molecular weight excluding hydrogens is 257 g/mol. The summed E-state index contributed by atoms with van der Waals surface area (Å²) in [6, 6.07) is 1.68. The number of hydrogen-bond acceptors (Lipinski definition) is 3. The van der Waals surface area contributed by atoms with Crippen molar-refractivity contribution in [1.82, 2.24) is 4.98 Å². The number of pyridine rings is 1. The SMILES string of the molecule is COC(=O)c1ncc(CBr)cc1Cl. The van der Waals surface area contributed by atoms with E-state index in [9.17, 15) is 4.79 Å². The lowest BCUT2D eigenvalue weighted by molar-refractivity contribution is 0.0594. The summed E-state index contributed by atoms with van der Waals surface area (Å²) in [6.45, 7) is 0. The van der Waals surface area contributed by atoms with Crippen molar-refractivity contribution in [3.63, 3.8) is 0 Å². The molecule has 3 nitrogen and oxygen atoms in total. The van der Waals surface area contributed by atoms with E-state index in [1.165, 1.54) is 7.11 Å². The van der Waals surface area contributed by atoms with E-state index in [1.807, 2.05) is 0 Å². The molecule has 1 aromatic heterocycles. The van der Waals surface area contributed by atoms with Gasteiger partial charge in [-0.3, -0.25) is 0 Å². The van der Waals surface area contributed by atoms with Gasteiger partial charge in [-0.25, -0.2) is 9.78 Å². The highest BCUT2D eigenvalue weighted by Gasteiger charge is 2.12. The van der Waals surface area contributed by atoms with Crippen LogP contribution in [0.3, 0.4) is 0 Å². The Kier molecular flexibility index (Phi) is 3.69. The predicted molar refractivity (Wildman–Crippen MR) is 53.2 cm³/mol. The van der Waals surface area contributed by atoms with Crippen LogP contribution in [0.1, 0.15) is 16.1 Å². The number of esters is 1. The van der Waals surface area contributed by atoms with E-state index in [4.69, 9.17) is 11.6 Å². The molecule has 0 aliphatic heterocycles. The van der Waals surface area contributed by atoms with Crippen molar-refractivity contribution in [2.45, 2.75) is 5.33 Å². The molecule has 0 bridgehead atoms. The average molecular weight is 265 g/mol. The molecule has 0 amide bonds. The Morgan fingerprint density at radius 3 is 2.92 bits per heavy atom. The largest absolute Gasteiger partial charge is 0.464 e. The van der Waals surface area contributed by atoms with Crippen LogP contribution in [0.25, 0.3) is 0 Å². The van der Waals surface area contributed by atoms with Crippen LogP contribution in [0.5, 0.6) is 0 Å². The number of halogens is 2. The van der Waals surface area contributed by atoms with Crippen LogP contribution in [0.15, 0.2) is 12.3 Å². The zero-order valence-electron chi connectivity index (χ0n) is 6.88. The summed E-state index contributed by atoms with van der Waals surface area (Å²) in [5, 5.41) is 0.963. The topological polar surface area (TPSA) is 39.2 Å². The summed E-state index contributed by atoms with van der Waals surface area (Å²) < 4.78 is 4.49. The standard InChI is InChI=1S/C8H7BrClNO2/c1-13-8(12)7-6(10)2-5(3-9)4-11-7/h2,4H,3H2,1H3. The first-order valence-corrected chi connectivity index (χ1v) is 4.97. The summed E-state index contributed by atoms with van der Waals surface area (Å²) >= 11 is 9.05. The van der Waals surface area contributed by atoms with Crippen LogP contribution in [-0.4, -0.2) is 18.1 Å². The molecule has 1 aromatic rings. The van der Waals surface area contributed by atoms with Crippen LogP contribution in [0.4, 0.5) is 0 Å². The van der Waals surface area contributed by atoms with Crippen LogP contribution in [0.2, 0.25) is 5.02 Å². The van der Waals surface area contributed by atoms with Crippen molar-refractivity contribution in [3.8, 4) is 0 Å². The highest BCUT2D eigenvalue weighted by molar-refractivity contribution is 9.08. The normalized spacial score (nSPS) is 9.77. The molecule has 1 heterocycles. The molecule has 0 aliphatic rings. The zero-order chi connectivity index (χ0) is 9.84. The minimum atomic E-state index is -0.522. The fraction of sp³-hybridized carbons (Fsp3) is 0.250. The fourth-order valence-corrected chi connectivity index (χ4v) is 1.37. The Labute approximate surface area is 89.2 Å². The zero-order valence-corrected chi connectivity index (χ0v) is 9.22. The molecule has 0 N–H and O–H groups in total. The second kappa shape index (κ2) is 4.58. The Morgan fingerprint density at radius 2 is 2.46 bits per heavy atom. The first-order chi connectivity index (χ1) is 6.19. The third-order valence-electron chi connectivity index (χ3n) is 1.43. The van der Waals surface area contributed by atoms with E-state index in [-0.39, 0.29) is 5.69 Å². The van der Waals surface area contributed by atoms with Gasteiger partial charge in [0.05, 0.1) is 12.1 Å². The Balaban J connectivity index is 3.05. The maximum atomic E-state index is 11.1. The van der Waals surface area contributed by atoms with Gasteiger partial charge in [0.25, 0.3) is 0 Å². The Hall–Kier alpha value is -0.610. The lowest BCUT2D eigenvalue weighted by Crippen LogP contribution is -2.05. The first kappa shape index (κ1) is 10.5. The number of ether oxygens (including phenoxy) is 1. The molecule has 0 aliphatic carbocycles. The second-order valence-corrected chi connectivity index (χ2v) is 3.27. The van der Waals surface area contributed by atoms with E-state index in [0.29, 0.717) is 10.4 Å². The molecule has 0 unspecified atom stereocenters. The lowest BCUT2D eigenvalue weighted by atomic mass is 10.3. The molecule has 70 valence electrons. The van der Waals surface area contributed by atoms with E-state index >= 15 is 0 Å². The summed E-state index contributed by atoms with van der Waals surface area (Å²) in [6.07, 6.45) is 1.58. The minimum absolute atomic E-state index is 0.147. The Morgan fingerprint density at radius 1 is 1.77 bits per heavy atom. The maximum Gasteiger partial charge on any atom is 0.358 e. The van der Waals surface area contributed by atoms with E-state index in [1.54, 1.807) is 12.3 Å². The van der Waals surface area contributed by atoms with E-state index in [2.05, 4.69) is 25.7 Å². The molecule has 0 atom stereocenters. The van der Waals surface area contributed by atoms with Gasteiger partial charge < -0.3 is 4.74 Å². The van der Waals surface area contributed by atoms with Gasteiger partial charge in [0.1, 0.15) is 0 Å². The van der Waals surface area contributed by atoms with Crippen molar-refractivity contribution in [2.24, 2.45) is 0 Å². The Bertz CT molecular complexity index is 330. The van der Waals surface area contributed by atoms with Crippen molar-refractivity contribution in [3.05, 3.63) is 28.5 Å². The van der Waals surface area contributed by atoms with Crippen LogP contribution in [0, 0.1) is 0 Å². The minimum Gasteiger partial charge on any atom is -0.464 e. The highest BCUT2D eigenvalue weighted by Crippen LogP contribution is 2.17. The van der Waals surface area contributed by atoms with Gasteiger partial charge in [-0.2, -0.15) is 0 Å². The molecule has 1 rings (SSSR count). The van der Waals surface area contributed by atoms with Crippen molar-refractivity contribution in [1.29, 1.82) is 0 Å². The van der Waals surface area contributed by atoms with E-state index < -0.39 is 5.97 Å². The van der Waals surface area contributed by atoms with Crippen LogP contribution >= 0.6 is 27.5 Å². The van der Waals surface area contributed by atoms with Gasteiger partial charge >= 0.3 is 5.97 Å². The van der Waals surface area contributed by atoms with Crippen LogP contribution < -0.4 is 0 Å². The number of carbonyl (C=O) groups is 1. The molecule has 0 saturated carbocycles. The molecule has 0 saturated heterocycles. The van der Waals surface area contributed by atoms with Crippen molar-refractivity contribution >= 4 is 33.5 Å². The maximum absolute atomic E-state index is 11.1. The smallest absolute Gasteiger partial charge is 0.358 e. The fourth-order valence-electron chi connectivity index (χ4n) is 0.797. The molecular formula is C8H7BrClNO2. The van der Waals surface area contributed by atoms with Gasteiger partial charge in [0.2, 0.25) is 0 Å². The number of methoxy groups -OCH3 is 1. The molecule has 5 heteroatoms. The molecule has 13 heavy (non-hydrogen) atoms. The van der Waals surface area contributed by atoms with Gasteiger partial charge in [0.15, 0.2) is 5.69 Å². The van der Waals surface area contributed by atoms with Gasteiger partial charge in [0, 0.05) is 11.5 Å². The third kappa shape index (κ3) is 2.42. The number of nitrogens with zero attached hydrogens (tertiary/aromatic N) is 1. The lowest BCUT2D eigenvalue weighted by Gasteiger charge is -2.01. The number of alkyl halides is 1. The van der Waals surface area contributed by atoms with Crippen LogP contribution in [-0.2, 0) is 10.1 Å². The molecule has 0 fully saturated rings. The summed E-state index contributed by atoms with van der Waals surface area (Å²) in [4.78, 5) is 14.9. The second-order valence-electron chi connectivity index (χ2n) is 2.30. The van der Waals surface area contributed by atoms with Gasteiger partial charge in [-0.15, -0.1) is 0 Å². The summed E-state index contributed by atoms with van der Waals surface area (Å²) in [5.74, 6) is -0.522. The predicted octanol–water partition coefficient (Wildman–Crippen LogP) is 2.42. The highest BCUT2D eigenvalue weighted by atomic mass is 79.9. The monoisotopic (exact) mass is 263 g/mol. The number of hydrogen-bond donors (Lipinski definition) is 0. The number of aromatic nitrogens is 1. The van der Waals surface area contributed by atoms with Crippen molar-refractivity contribution in [2.75, 3.05) is 7.11 Å². The third-order valence-corrected chi connectivity index (χ3v) is 2.37. The summed E-state index contributed by atoms with van der Waals surface area (Å²) in [5.41, 5.74) is 1.06. The first-order valence-electron chi connectivity index (χ1n) is 3.47.